The highest BCUT2D eigenvalue weighted by Gasteiger charge is 2.35. The minimum Gasteiger partial charge on any atom is -0.454 e. The molecule has 1 aliphatic rings. The van der Waals surface area contributed by atoms with Crippen LogP contribution in [0.1, 0.15) is 45.6 Å². The van der Waals surface area contributed by atoms with Crippen LogP contribution in [0.5, 0.6) is 0 Å². The van der Waals surface area contributed by atoms with E-state index in [1.807, 2.05) is 13.0 Å². The van der Waals surface area contributed by atoms with Crippen molar-refractivity contribution in [3.05, 3.63) is 69.4 Å². The fourth-order valence-corrected chi connectivity index (χ4v) is 3.37. The summed E-state index contributed by atoms with van der Waals surface area (Å²) in [5.74, 6) is -1.92. The minimum atomic E-state index is -0.725. The van der Waals surface area contributed by atoms with E-state index in [1.165, 1.54) is 35.6 Å². The fourth-order valence-electron chi connectivity index (χ4n) is 2.58. The van der Waals surface area contributed by atoms with E-state index in [9.17, 15) is 19.2 Å². The van der Waals surface area contributed by atoms with Crippen molar-refractivity contribution in [1.82, 2.24) is 4.90 Å². The van der Waals surface area contributed by atoms with Gasteiger partial charge in [0.2, 0.25) is 5.78 Å². The van der Waals surface area contributed by atoms with E-state index in [2.05, 4.69) is 6.58 Å². The molecule has 1 aromatic carbocycles. The summed E-state index contributed by atoms with van der Waals surface area (Å²) in [4.78, 5) is 51.2. The molecule has 1 aliphatic heterocycles. The SMILES string of the molecule is C=CCN1C(=O)c2ccc(C(=O)OCC(=O)c3ccc(C)s3)cc2C1=O. The Bertz CT molecular complexity index is 943. The summed E-state index contributed by atoms with van der Waals surface area (Å²) < 4.78 is 5.04. The highest BCUT2D eigenvalue weighted by molar-refractivity contribution is 7.14. The quantitative estimate of drug-likeness (QED) is 0.338. The molecule has 26 heavy (non-hydrogen) atoms. The number of ether oxygens (including phenoxy) is 1. The van der Waals surface area contributed by atoms with Gasteiger partial charge in [0.25, 0.3) is 11.8 Å². The Hall–Kier alpha value is -3.06. The second-order valence-corrected chi connectivity index (χ2v) is 6.97. The van der Waals surface area contributed by atoms with E-state index in [0.717, 1.165) is 9.78 Å². The third kappa shape index (κ3) is 3.21. The van der Waals surface area contributed by atoms with Crippen LogP contribution in [-0.2, 0) is 4.74 Å². The Morgan fingerprint density at radius 1 is 1.15 bits per heavy atom. The predicted octanol–water partition coefficient (Wildman–Crippen LogP) is 2.88. The minimum absolute atomic E-state index is 0.0981. The van der Waals surface area contributed by atoms with Crippen molar-refractivity contribution in [3.63, 3.8) is 0 Å². The van der Waals surface area contributed by atoms with Gasteiger partial charge in [0.15, 0.2) is 6.61 Å². The molecule has 2 amide bonds. The lowest BCUT2D eigenvalue weighted by atomic mass is 10.1. The van der Waals surface area contributed by atoms with Gasteiger partial charge >= 0.3 is 5.97 Å². The van der Waals surface area contributed by atoms with Gasteiger partial charge in [-0.25, -0.2) is 4.79 Å². The number of Topliss-reactive ketones (excluding diaryl/α,β-unsaturated/α-hetero) is 1. The van der Waals surface area contributed by atoms with Crippen molar-refractivity contribution in [3.8, 4) is 0 Å². The Morgan fingerprint density at radius 2 is 1.88 bits per heavy atom. The molecule has 7 heteroatoms. The molecule has 132 valence electrons. The number of amides is 2. The molecule has 6 nitrogen and oxygen atoms in total. The molecule has 0 saturated carbocycles. The van der Waals surface area contributed by atoms with Gasteiger partial charge in [0, 0.05) is 11.4 Å². The molecule has 0 unspecified atom stereocenters. The lowest BCUT2D eigenvalue weighted by Crippen LogP contribution is -2.29. The number of benzene rings is 1. The van der Waals surface area contributed by atoms with Crippen LogP contribution in [0, 0.1) is 6.92 Å². The second-order valence-electron chi connectivity index (χ2n) is 5.68. The number of carbonyl (C=O) groups excluding carboxylic acids is 4. The van der Waals surface area contributed by atoms with Gasteiger partial charge in [-0.05, 0) is 37.3 Å². The zero-order valence-corrected chi connectivity index (χ0v) is 14.8. The summed E-state index contributed by atoms with van der Waals surface area (Å²) in [7, 11) is 0. The predicted molar refractivity (Wildman–Crippen MR) is 95.7 cm³/mol. The van der Waals surface area contributed by atoms with Crippen molar-refractivity contribution >= 4 is 34.9 Å². The molecule has 0 aliphatic carbocycles. The molecule has 2 aromatic rings. The largest absolute Gasteiger partial charge is 0.454 e. The number of thiophene rings is 1. The van der Waals surface area contributed by atoms with Crippen LogP contribution in [0.15, 0.2) is 43.0 Å². The summed E-state index contributed by atoms with van der Waals surface area (Å²) in [6.07, 6.45) is 1.45. The summed E-state index contributed by atoms with van der Waals surface area (Å²) in [6.45, 7) is 5.11. The van der Waals surface area contributed by atoms with Gasteiger partial charge in [-0.15, -0.1) is 17.9 Å². The maximum Gasteiger partial charge on any atom is 0.338 e. The van der Waals surface area contributed by atoms with Crippen LogP contribution in [0.25, 0.3) is 0 Å². The summed E-state index contributed by atoms with van der Waals surface area (Å²) >= 11 is 1.33. The van der Waals surface area contributed by atoms with Crippen molar-refractivity contribution in [1.29, 1.82) is 0 Å². The molecule has 0 N–H and O–H groups in total. The van der Waals surface area contributed by atoms with Crippen LogP contribution in [0.2, 0.25) is 0 Å². The van der Waals surface area contributed by atoms with Gasteiger partial charge in [0.1, 0.15) is 0 Å². The van der Waals surface area contributed by atoms with Crippen molar-refractivity contribution in [2.24, 2.45) is 0 Å². The van der Waals surface area contributed by atoms with Crippen LogP contribution in [0.3, 0.4) is 0 Å². The van der Waals surface area contributed by atoms with Gasteiger partial charge in [0.05, 0.1) is 21.6 Å². The summed E-state index contributed by atoms with van der Waals surface area (Å²) in [5, 5.41) is 0. The number of hydrogen-bond donors (Lipinski definition) is 0. The molecule has 2 heterocycles. The number of ketones is 1. The number of carbonyl (C=O) groups is 4. The van der Waals surface area contributed by atoms with Crippen molar-refractivity contribution in [2.75, 3.05) is 13.2 Å². The van der Waals surface area contributed by atoms with Crippen LogP contribution < -0.4 is 0 Å². The van der Waals surface area contributed by atoms with Crippen LogP contribution in [0.4, 0.5) is 0 Å². The first-order valence-corrected chi connectivity index (χ1v) is 8.62. The highest BCUT2D eigenvalue weighted by atomic mass is 32.1. The monoisotopic (exact) mass is 369 g/mol. The molecule has 0 fully saturated rings. The molecule has 0 radical (unpaired) electrons. The molecule has 3 rings (SSSR count). The molecule has 0 saturated heterocycles. The smallest absolute Gasteiger partial charge is 0.338 e. The number of nitrogens with zero attached hydrogens (tertiary/aromatic N) is 1. The lowest BCUT2D eigenvalue weighted by molar-refractivity contribution is 0.0475. The molecule has 0 spiro atoms. The maximum atomic E-state index is 12.3. The second kappa shape index (κ2) is 7.05. The number of hydrogen-bond acceptors (Lipinski definition) is 6. The third-order valence-electron chi connectivity index (χ3n) is 3.87. The first kappa shape index (κ1) is 17.8. The average Bonchev–Trinajstić information content (AvgIpc) is 3.17. The maximum absolute atomic E-state index is 12.3. The summed E-state index contributed by atoms with van der Waals surface area (Å²) in [5.41, 5.74) is 0.491. The summed E-state index contributed by atoms with van der Waals surface area (Å²) in [6, 6.07) is 7.64. The van der Waals surface area contributed by atoms with Crippen LogP contribution in [-0.4, -0.2) is 41.6 Å². The van der Waals surface area contributed by atoms with E-state index >= 15 is 0 Å². The number of fused-ring (bicyclic) bond motifs is 1. The standard InChI is InChI=1S/C19H15NO5S/c1-3-8-20-17(22)13-6-5-12(9-14(13)18(20)23)19(24)25-10-15(21)16-7-4-11(2)26-16/h3-7,9H,1,8,10H2,2H3. The molecule has 1 aromatic heterocycles. The van der Waals surface area contributed by atoms with E-state index < -0.39 is 17.8 Å². The number of esters is 1. The first-order valence-electron chi connectivity index (χ1n) is 7.80. The number of rotatable bonds is 6. The topological polar surface area (TPSA) is 80.8 Å². The zero-order chi connectivity index (χ0) is 18.8. The van der Waals surface area contributed by atoms with Gasteiger partial charge in [-0.3, -0.25) is 19.3 Å². The number of imide groups is 1. The van der Waals surface area contributed by atoms with E-state index in [-0.39, 0.29) is 35.6 Å². The lowest BCUT2D eigenvalue weighted by Gasteiger charge is -2.09. The molecule has 0 bridgehead atoms. The highest BCUT2D eigenvalue weighted by Crippen LogP contribution is 2.24. The van der Waals surface area contributed by atoms with E-state index in [1.54, 1.807) is 6.07 Å². The molecular weight excluding hydrogens is 354 g/mol. The third-order valence-corrected chi connectivity index (χ3v) is 4.91. The Morgan fingerprint density at radius 3 is 2.54 bits per heavy atom. The van der Waals surface area contributed by atoms with E-state index in [4.69, 9.17) is 4.74 Å². The molecule has 0 atom stereocenters. The van der Waals surface area contributed by atoms with Gasteiger partial charge in [-0.2, -0.15) is 0 Å². The van der Waals surface area contributed by atoms with Crippen molar-refractivity contribution < 1.29 is 23.9 Å². The van der Waals surface area contributed by atoms with Gasteiger partial charge < -0.3 is 4.74 Å². The molecular formula is C19H15NO5S. The zero-order valence-electron chi connectivity index (χ0n) is 14.0. The van der Waals surface area contributed by atoms with Crippen LogP contribution >= 0.6 is 11.3 Å². The normalized spacial score (nSPS) is 12.9. The van der Waals surface area contributed by atoms with Crippen molar-refractivity contribution in [2.45, 2.75) is 6.92 Å². The Balaban J connectivity index is 1.72. The fraction of sp³-hybridized carbons (Fsp3) is 0.158. The Kier molecular flexibility index (Phi) is 4.81. The average molecular weight is 369 g/mol. The van der Waals surface area contributed by atoms with E-state index in [0.29, 0.717) is 4.88 Å². The first-order chi connectivity index (χ1) is 12.4. The van der Waals surface area contributed by atoms with Gasteiger partial charge in [-0.1, -0.05) is 6.08 Å². The Labute approximate surface area is 153 Å². The number of aryl methyl sites for hydroxylation is 1.